The third-order valence-electron chi connectivity index (χ3n) is 10.6. The van der Waals surface area contributed by atoms with Crippen LogP contribution in [0.1, 0.15) is 61.2 Å². The molecule has 2 aromatic heterocycles. The average Bonchev–Trinajstić information content (AvgIpc) is 3.37. The molecule has 5 atom stereocenters. The highest BCUT2D eigenvalue weighted by Gasteiger charge is 2.49. The van der Waals surface area contributed by atoms with E-state index in [1.54, 1.807) is 7.11 Å². The Bertz CT molecular complexity index is 1490. The van der Waals surface area contributed by atoms with Gasteiger partial charge in [0.15, 0.2) is 0 Å². The summed E-state index contributed by atoms with van der Waals surface area (Å²) in [5.41, 5.74) is 2.91. The van der Waals surface area contributed by atoms with Crippen LogP contribution in [0.3, 0.4) is 0 Å². The van der Waals surface area contributed by atoms with E-state index in [4.69, 9.17) is 9.47 Å². The van der Waals surface area contributed by atoms with E-state index >= 15 is 0 Å². The summed E-state index contributed by atoms with van der Waals surface area (Å²) in [6.45, 7) is 13.2. The van der Waals surface area contributed by atoms with Crippen LogP contribution in [0.2, 0.25) is 0 Å². The second-order valence-electron chi connectivity index (χ2n) is 13.1. The number of fused-ring (bicyclic) bond motifs is 5. The summed E-state index contributed by atoms with van der Waals surface area (Å²) in [6.07, 6.45) is 6.65. The van der Waals surface area contributed by atoms with Crippen molar-refractivity contribution in [2.75, 3.05) is 69.4 Å². The van der Waals surface area contributed by atoms with E-state index in [1.807, 2.05) is 29.3 Å². The van der Waals surface area contributed by atoms with Crippen molar-refractivity contribution in [1.29, 1.82) is 0 Å². The number of alkyl halides is 2. The van der Waals surface area contributed by atoms with E-state index in [-0.39, 0.29) is 29.7 Å². The van der Waals surface area contributed by atoms with E-state index in [2.05, 4.69) is 49.9 Å². The molecule has 45 heavy (non-hydrogen) atoms. The van der Waals surface area contributed by atoms with E-state index in [0.717, 1.165) is 43.0 Å². The van der Waals surface area contributed by atoms with Crippen LogP contribution in [0.4, 0.5) is 20.3 Å². The number of pyridine rings is 1. The minimum absolute atomic E-state index is 0.00683. The summed E-state index contributed by atoms with van der Waals surface area (Å²) in [5.74, 6) is 0.568. The molecule has 0 radical (unpaired) electrons. The van der Waals surface area contributed by atoms with Gasteiger partial charge in [0.25, 0.3) is 6.43 Å². The highest BCUT2D eigenvalue weighted by molar-refractivity contribution is 5.87. The Hall–Kier alpha value is -3.35. The number of piperazine rings is 1. The molecule has 2 aromatic rings. The molecule has 5 aliphatic heterocycles. The number of rotatable bonds is 6. The Labute approximate surface area is 263 Å². The van der Waals surface area contributed by atoms with Gasteiger partial charge in [0.2, 0.25) is 5.91 Å². The lowest BCUT2D eigenvalue weighted by atomic mass is 9.81. The number of carbonyl (C=O) groups is 1. The molecule has 10 nitrogen and oxygen atoms in total. The first kappa shape index (κ1) is 30.3. The van der Waals surface area contributed by atoms with Gasteiger partial charge in [-0.25, -0.2) is 13.8 Å². The van der Waals surface area contributed by atoms with Crippen LogP contribution in [-0.2, 0) is 19.9 Å². The summed E-state index contributed by atoms with van der Waals surface area (Å²) in [7, 11) is 1.69. The lowest BCUT2D eigenvalue weighted by molar-refractivity contribution is -0.128. The molecule has 5 aliphatic rings. The van der Waals surface area contributed by atoms with Crippen LogP contribution in [-0.4, -0.2) is 108 Å². The van der Waals surface area contributed by atoms with Gasteiger partial charge < -0.3 is 24.2 Å². The zero-order chi connectivity index (χ0) is 31.5. The van der Waals surface area contributed by atoms with Crippen molar-refractivity contribution in [3.05, 3.63) is 53.5 Å². The molecule has 3 fully saturated rings. The summed E-state index contributed by atoms with van der Waals surface area (Å²) < 4.78 is 43.4. The first-order chi connectivity index (χ1) is 21.7. The monoisotopic (exact) mass is 623 g/mol. The number of aryl methyl sites for hydroxylation is 1. The first-order valence-electron chi connectivity index (χ1n) is 16.1. The fraction of sp³-hybridized carbons (Fsp3) is 0.606. The van der Waals surface area contributed by atoms with Gasteiger partial charge in [0.05, 0.1) is 36.8 Å². The van der Waals surface area contributed by atoms with Gasteiger partial charge in [-0.15, -0.1) is 0 Å². The van der Waals surface area contributed by atoms with Crippen LogP contribution in [0, 0.1) is 6.92 Å². The third kappa shape index (κ3) is 5.05. The Kier molecular flexibility index (Phi) is 7.94. The molecule has 1 spiro atoms. The van der Waals surface area contributed by atoms with Gasteiger partial charge in [-0.1, -0.05) is 18.7 Å². The second-order valence-corrected chi connectivity index (χ2v) is 13.1. The van der Waals surface area contributed by atoms with Crippen LogP contribution in [0.25, 0.3) is 6.08 Å². The lowest BCUT2D eigenvalue weighted by Crippen LogP contribution is -2.69. The number of anilines is 2. The van der Waals surface area contributed by atoms with Crippen LogP contribution in [0.5, 0.6) is 0 Å². The lowest BCUT2D eigenvalue weighted by Gasteiger charge is -2.55. The number of carbonyl (C=O) groups excluding carboxylic acids is 1. The normalized spacial score (nSPS) is 29.7. The predicted molar refractivity (Wildman–Crippen MR) is 168 cm³/mol. The van der Waals surface area contributed by atoms with Gasteiger partial charge in [0, 0.05) is 82.6 Å². The van der Waals surface area contributed by atoms with Crippen molar-refractivity contribution in [3.8, 4) is 0 Å². The minimum Gasteiger partial charge on any atom is -0.382 e. The van der Waals surface area contributed by atoms with Crippen molar-refractivity contribution < 1.29 is 23.0 Å². The van der Waals surface area contributed by atoms with Crippen molar-refractivity contribution in [3.63, 3.8) is 0 Å². The molecule has 242 valence electrons. The fourth-order valence-electron chi connectivity index (χ4n) is 8.34. The van der Waals surface area contributed by atoms with Gasteiger partial charge in [-0.05, 0) is 38.3 Å². The van der Waals surface area contributed by atoms with E-state index in [9.17, 15) is 13.6 Å². The molecule has 3 saturated heterocycles. The largest absolute Gasteiger partial charge is 0.382 e. The summed E-state index contributed by atoms with van der Waals surface area (Å²) >= 11 is 0. The Morgan fingerprint density at radius 3 is 2.73 bits per heavy atom. The summed E-state index contributed by atoms with van der Waals surface area (Å²) in [4.78, 5) is 25.4. The number of hydrogen-bond donors (Lipinski definition) is 0. The molecule has 0 aromatic carbocycles. The highest BCUT2D eigenvalue weighted by atomic mass is 19.3. The van der Waals surface area contributed by atoms with E-state index in [1.165, 1.54) is 6.08 Å². The van der Waals surface area contributed by atoms with Gasteiger partial charge >= 0.3 is 0 Å². The quantitative estimate of drug-likeness (QED) is 0.448. The summed E-state index contributed by atoms with van der Waals surface area (Å²) in [5, 5.41) is 4.68. The zero-order valence-electron chi connectivity index (χ0n) is 26.4. The molecule has 0 aliphatic carbocycles. The Morgan fingerprint density at radius 1 is 1.22 bits per heavy atom. The van der Waals surface area contributed by atoms with Crippen molar-refractivity contribution >= 4 is 23.5 Å². The van der Waals surface area contributed by atoms with Crippen molar-refractivity contribution in [2.45, 2.75) is 69.3 Å². The van der Waals surface area contributed by atoms with Crippen LogP contribution in [0.15, 0.2) is 31.0 Å². The van der Waals surface area contributed by atoms with Crippen molar-refractivity contribution in [1.82, 2.24) is 24.6 Å². The molecule has 7 heterocycles. The fourth-order valence-corrected chi connectivity index (χ4v) is 8.34. The van der Waals surface area contributed by atoms with E-state index in [0.29, 0.717) is 63.1 Å². The number of piperidine rings is 1. The molecule has 7 rings (SSSR count). The predicted octanol–water partition coefficient (Wildman–Crippen LogP) is 3.93. The molecular formula is C33H43F2N7O3. The number of methoxy groups -OCH3 is 1. The number of hydrogen-bond acceptors (Lipinski definition) is 8. The minimum atomic E-state index is -2.68. The molecule has 3 unspecified atom stereocenters. The Morgan fingerprint density at radius 2 is 2.02 bits per heavy atom. The molecule has 0 saturated carbocycles. The van der Waals surface area contributed by atoms with Gasteiger partial charge in [0.1, 0.15) is 17.1 Å². The highest BCUT2D eigenvalue weighted by Crippen LogP contribution is 2.47. The SMILES string of the molecule is C=CC(=O)N1CCN([C@@H]2CN3c4cc(N5CCC6(C[C@H]5C)OCC(COC)n5ncc(C)c56)nc(C(F)F)c4C=CCC23)CC1. The number of halogens is 2. The van der Waals surface area contributed by atoms with Gasteiger partial charge in [-0.3, -0.25) is 14.4 Å². The number of ether oxygens (including phenoxy) is 2. The first-order valence-corrected chi connectivity index (χ1v) is 16.1. The summed E-state index contributed by atoms with van der Waals surface area (Å²) in [6, 6.07) is 2.55. The standard InChI is InChI=1S/C33H43F2N7O3/c1-5-29(43)39-13-11-38(12-14-39)27-18-41-25(27)8-6-7-24-26(41)15-28(37-30(24)32(34)35)40-10-9-33(16-22(40)3)31-21(2)17-36-42(31)23(19-44-4)20-45-33/h5-7,15,17,22-23,25,27,32H,1,8-14,16,18-20H2,2-4H3/t22-,23?,25?,27-,33?/m1/s1. The maximum absolute atomic E-state index is 14.6. The van der Waals surface area contributed by atoms with Crippen molar-refractivity contribution in [2.24, 2.45) is 0 Å². The number of nitrogens with zero attached hydrogens (tertiary/aromatic N) is 7. The van der Waals surface area contributed by atoms with Crippen LogP contribution < -0.4 is 9.80 Å². The second kappa shape index (κ2) is 11.8. The molecular weight excluding hydrogens is 580 g/mol. The zero-order valence-corrected chi connectivity index (χ0v) is 26.4. The number of aromatic nitrogens is 3. The molecule has 1 amide bonds. The molecule has 0 N–H and O–H groups in total. The average molecular weight is 624 g/mol. The smallest absolute Gasteiger partial charge is 0.281 e. The maximum Gasteiger partial charge on any atom is 0.281 e. The van der Waals surface area contributed by atoms with E-state index < -0.39 is 12.0 Å². The van der Waals surface area contributed by atoms with Crippen LogP contribution >= 0.6 is 0 Å². The third-order valence-corrected chi connectivity index (χ3v) is 10.6. The topological polar surface area (TPSA) is 79.2 Å². The van der Waals surface area contributed by atoms with Gasteiger partial charge in [-0.2, -0.15) is 5.10 Å². The Balaban J connectivity index is 1.13. The molecule has 12 heteroatoms. The maximum atomic E-state index is 14.6. The number of amides is 1. The molecule has 0 bridgehead atoms.